The molecule has 22 heavy (non-hydrogen) atoms. The summed E-state index contributed by atoms with van der Waals surface area (Å²) in [6.07, 6.45) is 3.06. The van der Waals surface area contributed by atoms with Gasteiger partial charge in [0.1, 0.15) is 0 Å². The largest absolute Gasteiger partial charge is 0.359 e. The normalized spacial score (nSPS) is 10.9. The molecular formula is C14H19N5O3. The van der Waals surface area contributed by atoms with E-state index in [4.69, 9.17) is 0 Å². The van der Waals surface area contributed by atoms with Crippen LogP contribution in [0.1, 0.15) is 24.3 Å². The zero-order valence-electron chi connectivity index (χ0n) is 12.7. The van der Waals surface area contributed by atoms with Crippen LogP contribution >= 0.6 is 0 Å². The molecule has 0 atom stereocenters. The van der Waals surface area contributed by atoms with Crippen LogP contribution in [0, 0.1) is 5.21 Å². The molecule has 0 fully saturated rings. The van der Waals surface area contributed by atoms with Gasteiger partial charge in [-0.15, -0.1) is 0 Å². The Kier molecular flexibility index (Phi) is 5.42. The van der Waals surface area contributed by atoms with E-state index >= 15 is 0 Å². The third-order valence-electron chi connectivity index (χ3n) is 3.37. The molecule has 2 heterocycles. The fraction of sp³-hybridized carbons (Fsp3) is 0.429. The number of aromatic nitrogens is 3. The van der Waals surface area contributed by atoms with Crippen LogP contribution in [0.2, 0.25) is 0 Å². The van der Waals surface area contributed by atoms with Crippen LogP contribution in [0.25, 0.3) is 11.3 Å². The number of nitrogens with zero attached hydrogens (tertiary/aromatic N) is 4. The second kappa shape index (κ2) is 7.51. The lowest BCUT2D eigenvalue weighted by Crippen LogP contribution is -2.35. The molecule has 8 nitrogen and oxygen atoms in total. The van der Waals surface area contributed by atoms with Gasteiger partial charge in [-0.1, -0.05) is 13.8 Å². The van der Waals surface area contributed by atoms with E-state index in [1.54, 1.807) is 18.3 Å². The fourth-order valence-electron chi connectivity index (χ4n) is 2.09. The summed E-state index contributed by atoms with van der Waals surface area (Å²) in [5.41, 5.74) is 0.503. The van der Waals surface area contributed by atoms with E-state index in [9.17, 15) is 10.0 Å². The topological polar surface area (TPSA) is 98.2 Å². The molecule has 0 radical (unpaired) electrons. The van der Waals surface area contributed by atoms with E-state index in [1.165, 1.54) is 6.20 Å². The maximum atomic E-state index is 12.2. The maximum Gasteiger partial charge on any atom is 0.313 e. The molecule has 0 unspecified atom stereocenters. The molecule has 2 aromatic heterocycles. The second-order valence-corrected chi connectivity index (χ2v) is 4.65. The molecule has 0 saturated carbocycles. The Morgan fingerprint density at radius 1 is 1.45 bits per heavy atom. The first kappa shape index (κ1) is 15.9. The van der Waals surface area contributed by atoms with Crippen molar-refractivity contribution in [3.8, 4) is 11.3 Å². The van der Waals surface area contributed by atoms with Gasteiger partial charge in [0.2, 0.25) is 5.69 Å². The van der Waals surface area contributed by atoms with Gasteiger partial charge in [0.05, 0.1) is 5.16 Å². The predicted molar refractivity (Wildman–Crippen MR) is 78.8 cm³/mol. The number of carbonyl (C=O) groups excluding carboxylic acids is 1. The van der Waals surface area contributed by atoms with Crippen LogP contribution in [0.3, 0.4) is 0 Å². The summed E-state index contributed by atoms with van der Waals surface area (Å²) in [6.45, 7) is 7.15. The van der Waals surface area contributed by atoms with E-state index in [2.05, 4.69) is 38.8 Å². The van der Waals surface area contributed by atoms with Gasteiger partial charge in [0, 0.05) is 31.0 Å². The van der Waals surface area contributed by atoms with Crippen molar-refractivity contribution in [3.05, 3.63) is 35.4 Å². The summed E-state index contributed by atoms with van der Waals surface area (Å²) in [6, 6.07) is 3.34. The predicted octanol–water partition coefficient (Wildman–Crippen LogP) is 0.442. The Bertz CT molecular complexity index is 610. The molecule has 1 N–H and O–H groups in total. The van der Waals surface area contributed by atoms with Crippen molar-refractivity contribution in [2.75, 3.05) is 26.2 Å². The van der Waals surface area contributed by atoms with Crippen LogP contribution in [0.5, 0.6) is 0 Å². The fourth-order valence-corrected chi connectivity index (χ4v) is 2.09. The average Bonchev–Trinajstić information content (AvgIpc) is 2.94. The van der Waals surface area contributed by atoms with Gasteiger partial charge in [-0.3, -0.25) is 14.4 Å². The summed E-state index contributed by atoms with van der Waals surface area (Å²) < 4.78 is 4.55. The van der Waals surface area contributed by atoms with E-state index in [0.29, 0.717) is 12.1 Å². The van der Waals surface area contributed by atoms with E-state index in [0.717, 1.165) is 19.6 Å². The number of rotatable bonds is 7. The number of hydrogen-bond acceptors (Lipinski definition) is 6. The molecule has 118 valence electrons. The third kappa shape index (κ3) is 3.59. The van der Waals surface area contributed by atoms with Gasteiger partial charge in [0.15, 0.2) is 0 Å². The van der Waals surface area contributed by atoms with Crippen LogP contribution in [-0.2, 0) is 0 Å². The standard InChI is InChI=1S/C14H19N5O3/c1-3-18(4-2)9-8-16-14(20)12-13(19(21)22-17-12)11-6-5-7-15-10-11/h5-7,10H,3-4,8-9H2,1-2H3,(H,16,20). The van der Waals surface area contributed by atoms with Crippen LogP contribution < -0.4 is 10.2 Å². The van der Waals surface area contributed by atoms with Crippen molar-refractivity contribution in [1.82, 2.24) is 20.4 Å². The molecule has 0 aromatic carbocycles. The van der Waals surface area contributed by atoms with Crippen molar-refractivity contribution < 1.29 is 14.3 Å². The Morgan fingerprint density at radius 3 is 2.86 bits per heavy atom. The molecule has 0 saturated heterocycles. The molecule has 2 aromatic rings. The van der Waals surface area contributed by atoms with Crippen molar-refractivity contribution in [2.24, 2.45) is 0 Å². The summed E-state index contributed by atoms with van der Waals surface area (Å²) in [5, 5.41) is 18.0. The lowest BCUT2D eigenvalue weighted by atomic mass is 10.1. The molecule has 0 aliphatic heterocycles. The average molecular weight is 305 g/mol. The highest BCUT2D eigenvalue weighted by atomic mass is 16.8. The molecule has 0 aliphatic carbocycles. The van der Waals surface area contributed by atoms with Gasteiger partial charge in [-0.05, 0) is 30.1 Å². The second-order valence-electron chi connectivity index (χ2n) is 4.65. The number of nitrogens with one attached hydrogen (secondary N) is 1. The molecule has 0 aliphatic rings. The first-order valence-electron chi connectivity index (χ1n) is 7.18. The van der Waals surface area contributed by atoms with Gasteiger partial charge in [0.25, 0.3) is 0 Å². The van der Waals surface area contributed by atoms with Crippen LogP contribution in [0.4, 0.5) is 0 Å². The number of amides is 1. The van der Waals surface area contributed by atoms with E-state index in [-0.39, 0.29) is 16.3 Å². The zero-order chi connectivity index (χ0) is 15.9. The SMILES string of the molecule is CCN(CC)CCNC(=O)c1no[n+]([O-])c1-c1cccnc1. The lowest BCUT2D eigenvalue weighted by molar-refractivity contribution is -0.793. The minimum atomic E-state index is -0.440. The van der Waals surface area contributed by atoms with Crippen molar-refractivity contribution in [2.45, 2.75) is 13.8 Å². The molecule has 8 heteroatoms. The molecular weight excluding hydrogens is 286 g/mol. The summed E-state index contributed by atoms with van der Waals surface area (Å²) in [7, 11) is 0. The number of pyridine rings is 1. The highest BCUT2D eigenvalue weighted by Crippen LogP contribution is 2.17. The Morgan fingerprint density at radius 2 is 2.23 bits per heavy atom. The molecule has 0 bridgehead atoms. The minimum absolute atomic E-state index is 0.0393. The zero-order valence-corrected chi connectivity index (χ0v) is 12.7. The molecule has 1 amide bonds. The van der Waals surface area contributed by atoms with E-state index in [1.807, 2.05) is 0 Å². The van der Waals surface area contributed by atoms with Gasteiger partial charge < -0.3 is 15.4 Å². The van der Waals surface area contributed by atoms with Crippen molar-refractivity contribution >= 4 is 5.91 Å². The molecule has 2 rings (SSSR count). The smallest absolute Gasteiger partial charge is 0.313 e. The summed E-state index contributed by atoms with van der Waals surface area (Å²) in [4.78, 5) is 18.5. The Labute approximate surface area is 128 Å². The minimum Gasteiger partial charge on any atom is -0.359 e. The van der Waals surface area contributed by atoms with E-state index < -0.39 is 5.91 Å². The van der Waals surface area contributed by atoms with Gasteiger partial charge >= 0.3 is 11.6 Å². The van der Waals surface area contributed by atoms with Crippen molar-refractivity contribution in [3.63, 3.8) is 0 Å². The first-order valence-corrected chi connectivity index (χ1v) is 7.18. The lowest BCUT2D eigenvalue weighted by Gasteiger charge is -2.17. The first-order chi connectivity index (χ1) is 10.7. The van der Waals surface area contributed by atoms with Gasteiger partial charge in [-0.25, -0.2) is 0 Å². The van der Waals surface area contributed by atoms with Crippen LogP contribution in [-0.4, -0.2) is 47.1 Å². The highest BCUT2D eigenvalue weighted by Gasteiger charge is 2.27. The number of hydrogen-bond donors (Lipinski definition) is 1. The maximum absolute atomic E-state index is 12.2. The molecule has 0 spiro atoms. The van der Waals surface area contributed by atoms with Crippen molar-refractivity contribution in [1.29, 1.82) is 0 Å². The Hall–Kier alpha value is -2.48. The number of likely N-dealkylation sites (N-methyl/N-ethyl adjacent to an activating group) is 1. The van der Waals surface area contributed by atoms with Crippen LogP contribution in [0.15, 0.2) is 29.2 Å². The summed E-state index contributed by atoms with van der Waals surface area (Å²) in [5.74, 6) is -0.440. The number of carbonyl (C=O) groups is 1. The Balaban J connectivity index is 2.08. The quantitative estimate of drug-likeness (QED) is 0.745. The summed E-state index contributed by atoms with van der Waals surface area (Å²) >= 11 is 0. The highest BCUT2D eigenvalue weighted by molar-refractivity contribution is 5.96. The third-order valence-corrected chi connectivity index (χ3v) is 3.37. The monoisotopic (exact) mass is 305 g/mol. The van der Waals surface area contributed by atoms with Gasteiger partial charge in [-0.2, -0.15) is 0 Å².